The summed E-state index contributed by atoms with van der Waals surface area (Å²) in [5.74, 6) is -0.462. The number of benzene rings is 1. The van der Waals surface area contributed by atoms with E-state index in [1.54, 1.807) is 6.07 Å². The Labute approximate surface area is 112 Å². The van der Waals surface area contributed by atoms with E-state index in [-0.39, 0.29) is 11.7 Å². The second-order valence-corrected chi connectivity index (χ2v) is 5.01. The van der Waals surface area contributed by atoms with Gasteiger partial charge in [-0.1, -0.05) is 6.07 Å². The van der Waals surface area contributed by atoms with Gasteiger partial charge in [0, 0.05) is 18.3 Å². The van der Waals surface area contributed by atoms with Crippen LogP contribution >= 0.6 is 0 Å². The average Bonchev–Trinajstić information content (AvgIpc) is 2.81. The molecule has 1 fully saturated rings. The highest BCUT2D eigenvalue weighted by molar-refractivity contribution is 5.93. The number of hydrogen-bond acceptors (Lipinski definition) is 3. The number of rotatable bonds is 4. The quantitative estimate of drug-likeness (QED) is 0.867. The van der Waals surface area contributed by atoms with Gasteiger partial charge in [-0.3, -0.25) is 9.69 Å². The summed E-state index contributed by atoms with van der Waals surface area (Å²) < 4.78 is 13.1. The maximum atomic E-state index is 13.1. The number of nitrogens with one attached hydrogen (secondary N) is 1. The number of nitrogens with two attached hydrogens (primary N) is 1. The first kappa shape index (κ1) is 14.0. The number of nitrogens with zero attached hydrogens (tertiary/aromatic N) is 1. The normalized spacial score (nSPS) is 19.6. The molecule has 3 N–H and O–H groups in total. The van der Waals surface area contributed by atoms with E-state index in [0.717, 1.165) is 24.9 Å². The van der Waals surface area contributed by atoms with E-state index < -0.39 is 0 Å². The number of carbonyl (C=O) groups is 1. The molecule has 1 amide bonds. The molecular weight excluding hydrogens is 245 g/mol. The van der Waals surface area contributed by atoms with Crippen molar-refractivity contribution in [3.05, 3.63) is 29.6 Å². The second kappa shape index (κ2) is 6.12. The van der Waals surface area contributed by atoms with E-state index in [1.165, 1.54) is 12.1 Å². The molecule has 0 bridgehead atoms. The lowest BCUT2D eigenvalue weighted by Crippen LogP contribution is -2.40. The van der Waals surface area contributed by atoms with Crippen molar-refractivity contribution in [1.29, 1.82) is 0 Å². The molecule has 1 aromatic rings. The van der Waals surface area contributed by atoms with Gasteiger partial charge in [-0.2, -0.15) is 0 Å². The molecule has 0 aliphatic carbocycles. The summed E-state index contributed by atoms with van der Waals surface area (Å²) in [6.45, 7) is 3.63. The van der Waals surface area contributed by atoms with Crippen LogP contribution in [0.1, 0.15) is 18.4 Å². The summed E-state index contributed by atoms with van der Waals surface area (Å²) in [5.41, 5.74) is 7.06. The van der Waals surface area contributed by atoms with Crippen molar-refractivity contribution in [2.75, 3.05) is 25.0 Å². The van der Waals surface area contributed by atoms with Gasteiger partial charge in [0.1, 0.15) is 5.82 Å². The van der Waals surface area contributed by atoms with Crippen LogP contribution in [0.4, 0.5) is 10.1 Å². The molecular formula is C14H20FN3O. The molecule has 104 valence electrons. The van der Waals surface area contributed by atoms with Crippen LogP contribution < -0.4 is 11.1 Å². The SMILES string of the molecule is Cc1ccc(F)cc1NC(=O)CN1CCCC1CN. The minimum atomic E-state index is -0.345. The Hall–Kier alpha value is -1.46. The van der Waals surface area contributed by atoms with Crippen LogP contribution in [0.2, 0.25) is 0 Å². The minimum absolute atomic E-state index is 0.117. The first-order chi connectivity index (χ1) is 9.10. The third kappa shape index (κ3) is 3.52. The molecule has 1 aliphatic heterocycles. The fourth-order valence-electron chi connectivity index (χ4n) is 2.47. The molecule has 1 aliphatic rings. The Morgan fingerprint density at radius 3 is 3.11 bits per heavy atom. The molecule has 0 radical (unpaired) electrons. The van der Waals surface area contributed by atoms with Crippen molar-refractivity contribution in [2.45, 2.75) is 25.8 Å². The highest BCUT2D eigenvalue weighted by Gasteiger charge is 2.24. The monoisotopic (exact) mass is 265 g/mol. The first-order valence-electron chi connectivity index (χ1n) is 6.60. The molecule has 0 aromatic heterocycles. The molecule has 19 heavy (non-hydrogen) atoms. The van der Waals surface area contributed by atoms with Crippen molar-refractivity contribution in [3.63, 3.8) is 0 Å². The average molecular weight is 265 g/mol. The van der Waals surface area contributed by atoms with E-state index in [4.69, 9.17) is 5.73 Å². The van der Waals surface area contributed by atoms with Gasteiger partial charge in [0.25, 0.3) is 0 Å². The maximum Gasteiger partial charge on any atom is 0.238 e. The summed E-state index contributed by atoms with van der Waals surface area (Å²) in [4.78, 5) is 14.1. The van der Waals surface area contributed by atoms with E-state index >= 15 is 0 Å². The number of amides is 1. The molecule has 1 unspecified atom stereocenters. The molecule has 0 spiro atoms. The highest BCUT2D eigenvalue weighted by Crippen LogP contribution is 2.18. The molecule has 0 saturated carbocycles. The predicted octanol–water partition coefficient (Wildman–Crippen LogP) is 1.50. The van der Waals surface area contributed by atoms with Crippen LogP contribution in [-0.2, 0) is 4.79 Å². The van der Waals surface area contributed by atoms with E-state index in [0.29, 0.717) is 24.8 Å². The first-order valence-corrected chi connectivity index (χ1v) is 6.60. The van der Waals surface area contributed by atoms with Crippen molar-refractivity contribution in [2.24, 2.45) is 5.73 Å². The second-order valence-electron chi connectivity index (χ2n) is 5.01. The smallest absolute Gasteiger partial charge is 0.238 e. The lowest BCUT2D eigenvalue weighted by Gasteiger charge is -2.22. The summed E-state index contributed by atoms with van der Waals surface area (Å²) in [6.07, 6.45) is 2.12. The third-order valence-corrected chi connectivity index (χ3v) is 3.59. The lowest BCUT2D eigenvalue weighted by molar-refractivity contribution is -0.117. The zero-order valence-electron chi connectivity index (χ0n) is 11.2. The van der Waals surface area contributed by atoms with Crippen LogP contribution in [0, 0.1) is 12.7 Å². The molecule has 1 saturated heterocycles. The zero-order valence-corrected chi connectivity index (χ0v) is 11.2. The van der Waals surface area contributed by atoms with Crippen molar-refractivity contribution in [3.8, 4) is 0 Å². The Bertz CT molecular complexity index is 464. The van der Waals surface area contributed by atoms with Gasteiger partial charge in [-0.25, -0.2) is 4.39 Å². The molecule has 1 atom stereocenters. The summed E-state index contributed by atoms with van der Waals surface area (Å²) in [5, 5.41) is 2.76. The van der Waals surface area contributed by atoms with Crippen molar-refractivity contribution < 1.29 is 9.18 Å². The summed E-state index contributed by atoms with van der Waals surface area (Å²) in [7, 11) is 0. The standard InChI is InChI=1S/C14H20FN3O/c1-10-4-5-11(15)7-13(10)17-14(19)9-18-6-2-3-12(18)8-16/h4-5,7,12H,2-3,6,8-9,16H2,1H3,(H,17,19). The van der Waals surface area contributed by atoms with Gasteiger partial charge >= 0.3 is 0 Å². The number of likely N-dealkylation sites (tertiary alicyclic amines) is 1. The van der Waals surface area contributed by atoms with E-state index in [9.17, 15) is 9.18 Å². The maximum absolute atomic E-state index is 13.1. The third-order valence-electron chi connectivity index (χ3n) is 3.59. The fraction of sp³-hybridized carbons (Fsp3) is 0.500. The topological polar surface area (TPSA) is 58.4 Å². The fourth-order valence-corrected chi connectivity index (χ4v) is 2.47. The molecule has 4 nitrogen and oxygen atoms in total. The van der Waals surface area contributed by atoms with Gasteiger partial charge in [0.2, 0.25) is 5.91 Å². The van der Waals surface area contributed by atoms with Gasteiger partial charge in [0.05, 0.1) is 6.54 Å². The Kier molecular flexibility index (Phi) is 4.50. The Morgan fingerprint density at radius 1 is 1.58 bits per heavy atom. The van der Waals surface area contributed by atoms with Gasteiger partial charge in [-0.05, 0) is 44.0 Å². The number of aryl methyl sites for hydroxylation is 1. The highest BCUT2D eigenvalue weighted by atomic mass is 19.1. The largest absolute Gasteiger partial charge is 0.329 e. The van der Waals surface area contributed by atoms with E-state index in [2.05, 4.69) is 10.2 Å². The molecule has 1 heterocycles. The van der Waals surface area contributed by atoms with Gasteiger partial charge < -0.3 is 11.1 Å². The predicted molar refractivity (Wildman–Crippen MR) is 73.4 cm³/mol. The van der Waals surface area contributed by atoms with Gasteiger partial charge in [0.15, 0.2) is 0 Å². The van der Waals surface area contributed by atoms with E-state index in [1.807, 2.05) is 6.92 Å². The minimum Gasteiger partial charge on any atom is -0.329 e. The Morgan fingerprint density at radius 2 is 2.37 bits per heavy atom. The van der Waals surface area contributed by atoms with Crippen molar-refractivity contribution >= 4 is 11.6 Å². The molecule has 2 rings (SSSR count). The molecule has 5 heteroatoms. The van der Waals surface area contributed by atoms with Crippen LogP contribution in [0.5, 0.6) is 0 Å². The van der Waals surface area contributed by atoms with Crippen LogP contribution in [0.3, 0.4) is 0 Å². The van der Waals surface area contributed by atoms with Gasteiger partial charge in [-0.15, -0.1) is 0 Å². The van der Waals surface area contributed by atoms with Crippen molar-refractivity contribution in [1.82, 2.24) is 4.90 Å². The Balaban J connectivity index is 1.95. The van der Waals surface area contributed by atoms with Crippen LogP contribution in [0.25, 0.3) is 0 Å². The number of anilines is 1. The number of halogens is 1. The number of hydrogen-bond donors (Lipinski definition) is 2. The summed E-state index contributed by atoms with van der Waals surface area (Å²) >= 11 is 0. The molecule has 1 aromatic carbocycles. The zero-order chi connectivity index (χ0) is 13.8. The number of carbonyl (C=O) groups excluding carboxylic acids is 1. The lowest BCUT2D eigenvalue weighted by atomic mass is 10.2. The van der Waals surface area contributed by atoms with Crippen LogP contribution in [-0.4, -0.2) is 36.5 Å². The summed E-state index contributed by atoms with van der Waals surface area (Å²) in [6, 6.07) is 4.68. The van der Waals surface area contributed by atoms with Crippen LogP contribution in [0.15, 0.2) is 18.2 Å².